The van der Waals surface area contributed by atoms with E-state index in [1.807, 2.05) is 4.90 Å². The number of piperidine rings is 1. The van der Waals surface area contributed by atoms with Crippen molar-refractivity contribution in [1.82, 2.24) is 9.80 Å². The number of carboxylic acids is 1. The summed E-state index contributed by atoms with van der Waals surface area (Å²) in [6.07, 6.45) is 10.5. The minimum absolute atomic E-state index is 0.0277. The van der Waals surface area contributed by atoms with Crippen molar-refractivity contribution in [2.24, 2.45) is 11.8 Å². The number of urea groups is 1. The number of carboxylic acid groups (broad SMARTS) is 1. The lowest BCUT2D eigenvalue weighted by atomic mass is 9.93. The maximum atomic E-state index is 12.6. The number of nitrogens with zero attached hydrogens (tertiary/aromatic N) is 2. The third-order valence-electron chi connectivity index (χ3n) is 4.28. The average Bonchev–Trinajstić information content (AvgIpc) is 3.28. The molecule has 1 saturated heterocycles. The Labute approximate surface area is 126 Å². The summed E-state index contributed by atoms with van der Waals surface area (Å²) < 4.78 is 0. The number of carbonyl (C=O) groups excluding carboxylic acids is 1. The third kappa shape index (κ3) is 4.96. The molecule has 5 nitrogen and oxygen atoms in total. The molecule has 1 atom stereocenters. The molecule has 0 aromatic carbocycles. The lowest BCUT2D eigenvalue weighted by Crippen LogP contribution is -2.48. The molecule has 0 radical (unpaired) electrons. The van der Waals surface area contributed by atoms with Gasteiger partial charge in [0.25, 0.3) is 0 Å². The van der Waals surface area contributed by atoms with Crippen molar-refractivity contribution >= 4 is 12.0 Å². The number of carbonyl (C=O) groups is 2. The van der Waals surface area contributed by atoms with Crippen LogP contribution in [-0.2, 0) is 4.79 Å². The Morgan fingerprint density at radius 3 is 2.67 bits per heavy atom. The first-order chi connectivity index (χ1) is 10.1. The number of hydrogen-bond acceptors (Lipinski definition) is 2. The SMILES string of the molecule is C#CCN(CC1CC1)C(=O)N1CCCC(CCC(=O)O)C1. The fraction of sp³-hybridized carbons (Fsp3) is 0.750. The monoisotopic (exact) mass is 292 g/mol. The van der Waals surface area contributed by atoms with Crippen molar-refractivity contribution in [3.63, 3.8) is 0 Å². The summed E-state index contributed by atoms with van der Waals surface area (Å²) in [5.74, 6) is 2.73. The summed E-state index contributed by atoms with van der Waals surface area (Å²) in [7, 11) is 0. The second kappa shape index (κ2) is 7.35. The summed E-state index contributed by atoms with van der Waals surface area (Å²) in [5, 5.41) is 8.77. The zero-order chi connectivity index (χ0) is 15.2. The van der Waals surface area contributed by atoms with E-state index in [1.165, 1.54) is 12.8 Å². The molecule has 1 heterocycles. The first-order valence-electron chi connectivity index (χ1n) is 7.79. The number of rotatable bonds is 6. The van der Waals surface area contributed by atoms with Gasteiger partial charge in [0.1, 0.15) is 0 Å². The molecule has 0 aromatic rings. The minimum atomic E-state index is -0.763. The highest BCUT2D eigenvalue weighted by Crippen LogP contribution is 2.30. The molecule has 2 aliphatic rings. The predicted molar refractivity (Wildman–Crippen MR) is 79.7 cm³/mol. The van der Waals surface area contributed by atoms with E-state index in [-0.39, 0.29) is 12.5 Å². The van der Waals surface area contributed by atoms with Gasteiger partial charge in [-0.05, 0) is 43.9 Å². The molecule has 2 fully saturated rings. The Bertz CT molecular complexity index is 426. The fourth-order valence-electron chi connectivity index (χ4n) is 2.93. The van der Waals surface area contributed by atoms with Crippen LogP contribution >= 0.6 is 0 Å². The summed E-state index contributed by atoms with van der Waals surface area (Å²) in [6, 6.07) is 0.0277. The molecule has 0 spiro atoms. The lowest BCUT2D eigenvalue weighted by Gasteiger charge is -2.36. The van der Waals surface area contributed by atoms with Crippen LogP contribution in [0.3, 0.4) is 0 Å². The van der Waals surface area contributed by atoms with Crippen LogP contribution in [0, 0.1) is 24.2 Å². The standard InChI is InChI=1S/C16H24N2O3/c1-2-9-17(12-14-5-6-14)16(21)18-10-3-4-13(11-18)7-8-15(19)20/h1,13-14H,3-12H2,(H,19,20). The quantitative estimate of drug-likeness (QED) is 0.762. The molecule has 116 valence electrons. The number of amides is 2. The minimum Gasteiger partial charge on any atom is -0.481 e. The average molecular weight is 292 g/mol. The van der Waals surface area contributed by atoms with E-state index in [4.69, 9.17) is 11.5 Å². The molecule has 1 unspecified atom stereocenters. The number of terminal acetylenes is 1. The smallest absolute Gasteiger partial charge is 0.320 e. The van der Waals surface area contributed by atoms with Gasteiger partial charge in [0.05, 0.1) is 6.54 Å². The highest BCUT2D eigenvalue weighted by molar-refractivity contribution is 5.75. The number of likely N-dealkylation sites (tertiary alicyclic amines) is 1. The summed E-state index contributed by atoms with van der Waals surface area (Å²) in [5.41, 5.74) is 0. The topological polar surface area (TPSA) is 60.9 Å². The van der Waals surface area contributed by atoms with Gasteiger partial charge < -0.3 is 14.9 Å². The summed E-state index contributed by atoms with van der Waals surface area (Å²) in [6.45, 7) is 2.55. The van der Waals surface area contributed by atoms with Gasteiger partial charge in [0.15, 0.2) is 0 Å². The van der Waals surface area contributed by atoms with Gasteiger partial charge >= 0.3 is 12.0 Å². The van der Waals surface area contributed by atoms with Gasteiger partial charge in [0.2, 0.25) is 0 Å². The zero-order valence-corrected chi connectivity index (χ0v) is 12.5. The summed E-state index contributed by atoms with van der Waals surface area (Å²) >= 11 is 0. The molecule has 1 N–H and O–H groups in total. The molecule has 2 rings (SSSR count). The van der Waals surface area contributed by atoms with Gasteiger partial charge in [-0.2, -0.15) is 0 Å². The van der Waals surface area contributed by atoms with E-state index in [0.29, 0.717) is 31.3 Å². The van der Waals surface area contributed by atoms with Crippen LogP contribution in [0.15, 0.2) is 0 Å². The van der Waals surface area contributed by atoms with Gasteiger partial charge in [0, 0.05) is 26.1 Å². The van der Waals surface area contributed by atoms with Crippen LogP contribution in [0.4, 0.5) is 4.79 Å². The normalized spacial score (nSPS) is 21.7. The maximum Gasteiger partial charge on any atom is 0.320 e. The molecule has 21 heavy (non-hydrogen) atoms. The number of hydrogen-bond donors (Lipinski definition) is 1. The van der Waals surface area contributed by atoms with Crippen LogP contribution in [0.25, 0.3) is 0 Å². The number of aliphatic carboxylic acids is 1. The van der Waals surface area contributed by atoms with Crippen LogP contribution in [0.5, 0.6) is 0 Å². The Morgan fingerprint density at radius 1 is 1.29 bits per heavy atom. The molecule has 2 amide bonds. The van der Waals surface area contributed by atoms with E-state index in [1.54, 1.807) is 4.90 Å². The molecule has 0 bridgehead atoms. The predicted octanol–water partition coefficient (Wildman–Crippen LogP) is 2.03. The molecule has 0 aromatic heterocycles. The van der Waals surface area contributed by atoms with Gasteiger partial charge in [-0.3, -0.25) is 4.79 Å². The molecular formula is C16H24N2O3. The maximum absolute atomic E-state index is 12.6. The third-order valence-corrected chi connectivity index (χ3v) is 4.28. The van der Waals surface area contributed by atoms with Crippen LogP contribution in [0.2, 0.25) is 0 Å². The van der Waals surface area contributed by atoms with Crippen LogP contribution < -0.4 is 0 Å². The lowest BCUT2D eigenvalue weighted by molar-refractivity contribution is -0.137. The first-order valence-corrected chi connectivity index (χ1v) is 7.79. The van der Waals surface area contributed by atoms with Crippen LogP contribution in [-0.4, -0.2) is 53.1 Å². The van der Waals surface area contributed by atoms with Crippen molar-refractivity contribution in [3.05, 3.63) is 0 Å². The largest absolute Gasteiger partial charge is 0.481 e. The molecular weight excluding hydrogens is 268 g/mol. The second-order valence-corrected chi connectivity index (χ2v) is 6.20. The second-order valence-electron chi connectivity index (χ2n) is 6.20. The van der Waals surface area contributed by atoms with Crippen molar-refractivity contribution in [2.45, 2.75) is 38.5 Å². The van der Waals surface area contributed by atoms with Gasteiger partial charge in [-0.15, -0.1) is 6.42 Å². The highest BCUT2D eigenvalue weighted by atomic mass is 16.4. The van der Waals surface area contributed by atoms with E-state index in [0.717, 1.165) is 25.9 Å². The van der Waals surface area contributed by atoms with E-state index >= 15 is 0 Å². The van der Waals surface area contributed by atoms with E-state index < -0.39 is 5.97 Å². The van der Waals surface area contributed by atoms with Gasteiger partial charge in [-0.1, -0.05) is 5.92 Å². The molecule has 1 saturated carbocycles. The van der Waals surface area contributed by atoms with Crippen molar-refractivity contribution in [3.8, 4) is 12.3 Å². The Hall–Kier alpha value is -1.70. The van der Waals surface area contributed by atoms with Crippen LogP contribution in [0.1, 0.15) is 38.5 Å². The molecule has 5 heteroatoms. The first kappa shape index (κ1) is 15.7. The fourth-order valence-corrected chi connectivity index (χ4v) is 2.93. The van der Waals surface area contributed by atoms with Crippen molar-refractivity contribution in [1.29, 1.82) is 0 Å². The highest BCUT2D eigenvalue weighted by Gasteiger charge is 2.31. The van der Waals surface area contributed by atoms with E-state index in [2.05, 4.69) is 5.92 Å². The Balaban J connectivity index is 1.87. The summed E-state index contributed by atoms with van der Waals surface area (Å²) in [4.78, 5) is 26.9. The Kier molecular flexibility index (Phi) is 5.49. The van der Waals surface area contributed by atoms with E-state index in [9.17, 15) is 9.59 Å². The van der Waals surface area contributed by atoms with Gasteiger partial charge in [-0.25, -0.2) is 4.79 Å². The van der Waals surface area contributed by atoms with Crippen molar-refractivity contribution < 1.29 is 14.7 Å². The molecule has 1 aliphatic heterocycles. The molecule has 1 aliphatic carbocycles. The van der Waals surface area contributed by atoms with Crippen molar-refractivity contribution in [2.75, 3.05) is 26.2 Å². The zero-order valence-electron chi connectivity index (χ0n) is 12.5. The Morgan fingerprint density at radius 2 is 2.05 bits per heavy atom.